The van der Waals surface area contributed by atoms with E-state index in [0.29, 0.717) is 5.92 Å². The van der Waals surface area contributed by atoms with Gasteiger partial charge in [-0.05, 0) is 37.0 Å². The van der Waals surface area contributed by atoms with Crippen LogP contribution in [0.3, 0.4) is 0 Å². The predicted molar refractivity (Wildman–Crippen MR) is 53.6 cm³/mol. The molecule has 14 heavy (non-hydrogen) atoms. The number of hydrogen-bond acceptors (Lipinski definition) is 2. The number of phenolic OH excluding ortho intramolecular Hbond substituents is 2. The number of nitrogens with zero attached hydrogens (tertiary/aromatic N) is 1. The molecule has 1 aromatic rings. The number of piperidine rings is 1. The topological polar surface area (TPSA) is 54.6 Å². The molecule has 1 aromatic carbocycles. The molecule has 0 spiro atoms. The predicted octanol–water partition coefficient (Wildman–Crippen LogP) is 1.58. The summed E-state index contributed by atoms with van der Waals surface area (Å²) in [5, 5.41) is 23.2. The zero-order valence-corrected chi connectivity index (χ0v) is 7.98. The van der Waals surface area contributed by atoms with Gasteiger partial charge in [0.25, 0.3) is 0 Å². The van der Waals surface area contributed by atoms with Gasteiger partial charge in [0.1, 0.15) is 11.5 Å². The van der Waals surface area contributed by atoms with E-state index in [0.717, 1.165) is 31.5 Å². The Morgan fingerprint density at radius 1 is 1.14 bits per heavy atom. The summed E-state index contributed by atoms with van der Waals surface area (Å²) in [6, 6.07) is 4.72. The zero-order valence-electron chi connectivity index (χ0n) is 7.98. The van der Waals surface area contributed by atoms with Crippen molar-refractivity contribution in [2.45, 2.75) is 18.8 Å². The second kappa shape index (κ2) is 3.88. The Morgan fingerprint density at radius 2 is 1.86 bits per heavy atom. The van der Waals surface area contributed by atoms with Crippen LogP contribution in [0.4, 0.5) is 0 Å². The first-order valence-corrected chi connectivity index (χ1v) is 4.92. The van der Waals surface area contributed by atoms with Gasteiger partial charge in [-0.1, -0.05) is 0 Å². The van der Waals surface area contributed by atoms with E-state index < -0.39 is 0 Å². The van der Waals surface area contributed by atoms with Crippen LogP contribution in [0.2, 0.25) is 0 Å². The third-order valence-corrected chi connectivity index (χ3v) is 2.72. The molecule has 0 saturated carbocycles. The monoisotopic (exact) mass is 192 g/mol. The summed E-state index contributed by atoms with van der Waals surface area (Å²) in [4.78, 5) is 0. The maximum atomic E-state index is 9.65. The first-order chi connectivity index (χ1) is 6.77. The van der Waals surface area contributed by atoms with E-state index in [1.54, 1.807) is 12.1 Å². The fraction of sp³-hybridized carbons (Fsp3) is 0.455. The lowest BCUT2D eigenvalue weighted by Gasteiger charge is -2.22. The van der Waals surface area contributed by atoms with E-state index >= 15 is 0 Å². The van der Waals surface area contributed by atoms with Crippen molar-refractivity contribution in [3.05, 3.63) is 23.8 Å². The summed E-state index contributed by atoms with van der Waals surface area (Å²) in [6.07, 6.45) is 1.94. The van der Waals surface area contributed by atoms with Crippen LogP contribution in [0.15, 0.2) is 18.2 Å². The Labute approximate surface area is 83.4 Å². The van der Waals surface area contributed by atoms with E-state index in [1.165, 1.54) is 6.07 Å². The smallest absolute Gasteiger partial charge is 0.119 e. The number of phenols is 2. The van der Waals surface area contributed by atoms with E-state index in [1.807, 2.05) is 0 Å². The lowest BCUT2D eigenvalue weighted by atomic mass is 9.89. The maximum Gasteiger partial charge on any atom is 0.119 e. The SMILES string of the molecule is Oc1ccc(O)c(C2CC[N]CC2)c1. The minimum absolute atomic E-state index is 0.223. The zero-order chi connectivity index (χ0) is 9.97. The number of hydrogen-bond donors (Lipinski definition) is 2. The van der Waals surface area contributed by atoms with Crippen LogP contribution in [0.25, 0.3) is 0 Å². The van der Waals surface area contributed by atoms with E-state index in [4.69, 9.17) is 0 Å². The van der Waals surface area contributed by atoms with E-state index in [9.17, 15) is 10.2 Å². The molecule has 0 aromatic heterocycles. The Hall–Kier alpha value is -1.22. The van der Waals surface area contributed by atoms with Crippen molar-refractivity contribution in [2.24, 2.45) is 0 Å². The van der Waals surface area contributed by atoms with Crippen molar-refractivity contribution < 1.29 is 10.2 Å². The fourth-order valence-corrected chi connectivity index (χ4v) is 1.93. The summed E-state index contributed by atoms with van der Waals surface area (Å²) in [6.45, 7) is 1.72. The van der Waals surface area contributed by atoms with Gasteiger partial charge in [0.15, 0.2) is 0 Å². The van der Waals surface area contributed by atoms with Gasteiger partial charge in [-0.25, -0.2) is 5.32 Å². The van der Waals surface area contributed by atoms with Crippen molar-refractivity contribution >= 4 is 0 Å². The highest BCUT2D eigenvalue weighted by molar-refractivity contribution is 5.41. The molecule has 75 valence electrons. The Morgan fingerprint density at radius 3 is 2.57 bits per heavy atom. The molecule has 0 atom stereocenters. The summed E-state index contributed by atoms with van der Waals surface area (Å²) in [7, 11) is 0. The average Bonchev–Trinajstić information content (AvgIpc) is 2.23. The van der Waals surface area contributed by atoms with Gasteiger partial charge >= 0.3 is 0 Å². The first-order valence-electron chi connectivity index (χ1n) is 4.92. The normalized spacial score (nSPS) is 18.3. The summed E-state index contributed by atoms with van der Waals surface area (Å²) < 4.78 is 0. The van der Waals surface area contributed by atoms with Gasteiger partial charge in [-0.3, -0.25) is 0 Å². The highest BCUT2D eigenvalue weighted by Crippen LogP contribution is 2.34. The molecule has 0 aliphatic carbocycles. The van der Waals surface area contributed by atoms with Gasteiger partial charge in [0.2, 0.25) is 0 Å². The van der Waals surface area contributed by atoms with Crippen LogP contribution >= 0.6 is 0 Å². The molecule has 2 rings (SSSR count). The van der Waals surface area contributed by atoms with Crippen LogP contribution in [0, 0.1) is 0 Å². The second-order valence-electron chi connectivity index (χ2n) is 3.69. The van der Waals surface area contributed by atoms with Crippen LogP contribution in [-0.2, 0) is 0 Å². The maximum absolute atomic E-state index is 9.65. The Balaban J connectivity index is 2.24. The van der Waals surface area contributed by atoms with Crippen molar-refractivity contribution in [3.8, 4) is 11.5 Å². The van der Waals surface area contributed by atoms with Crippen molar-refractivity contribution in [1.29, 1.82) is 0 Å². The summed E-state index contributed by atoms with van der Waals surface area (Å²) in [5.41, 5.74) is 0.861. The molecular weight excluding hydrogens is 178 g/mol. The highest BCUT2D eigenvalue weighted by Gasteiger charge is 2.18. The molecule has 1 heterocycles. The highest BCUT2D eigenvalue weighted by atomic mass is 16.3. The number of aromatic hydroxyl groups is 2. The van der Waals surface area contributed by atoms with Gasteiger partial charge in [-0.2, -0.15) is 0 Å². The van der Waals surface area contributed by atoms with Gasteiger partial charge in [0.05, 0.1) is 0 Å². The lowest BCUT2D eigenvalue weighted by Crippen LogP contribution is -2.20. The average molecular weight is 192 g/mol. The minimum Gasteiger partial charge on any atom is -0.508 e. The number of benzene rings is 1. The molecule has 1 radical (unpaired) electrons. The molecule has 1 aliphatic heterocycles. The molecule has 3 nitrogen and oxygen atoms in total. The van der Waals surface area contributed by atoms with Crippen LogP contribution in [-0.4, -0.2) is 23.3 Å². The first kappa shape index (κ1) is 9.34. The summed E-state index contributed by atoms with van der Waals surface area (Å²) >= 11 is 0. The van der Waals surface area contributed by atoms with Crippen molar-refractivity contribution in [3.63, 3.8) is 0 Å². The molecule has 1 fully saturated rings. The molecule has 1 saturated heterocycles. The molecule has 0 unspecified atom stereocenters. The van der Waals surface area contributed by atoms with Crippen LogP contribution in [0.5, 0.6) is 11.5 Å². The Bertz CT molecular complexity index is 319. The molecule has 2 N–H and O–H groups in total. The molecule has 0 bridgehead atoms. The van der Waals surface area contributed by atoms with Gasteiger partial charge in [0, 0.05) is 18.7 Å². The second-order valence-corrected chi connectivity index (χ2v) is 3.69. The lowest BCUT2D eigenvalue weighted by molar-refractivity contribution is 0.415. The fourth-order valence-electron chi connectivity index (χ4n) is 1.93. The van der Waals surface area contributed by atoms with E-state index in [-0.39, 0.29) is 11.5 Å². The number of rotatable bonds is 1. The molecule has 3 heteroatoms. The van der Waals surface area contributed by atoms with Gasteiger partial charge < -0.3 is 10.2 Å². The van der Waals surface area contributed by atoms with Crippen molar-refractivity contribution in [1.82, 2.24) is 5.32 Å². The molecule has 0 amide bonds. The third kappa shape index (κ3) is 1.82. The van der Waals surface area contributed by atoms with E-state index in [2.05, 4.69) is 5.32 Å². The third-order valence-electron chi connectivity index (χ3n) is 2.72. The minimum atomic E-state index is 0.223. The van der Waals surface area contributed by atoms with Crippen molar-refractivity contribution in [2.75, 3.05) is 13.1 Å². The Kier molecular flexibility index (Phi) is 2.59. The van der Waals surface area contributed by atoms with Crippen LogP contribution < -0.4 is 5.32 Å². The quantitative estimate of drug-likeness (QED) is 0.664. The molecule has 1 aliphatic rings. The molecular formula is C11H14NO2. The summed E-state index contributed by atoms with van der Waals surface area (Å²) in [5.74, 6) is 0.856. The van der Waals surface area contributed by atoms with Crippen LogP contribution in [0.1, 0.15) is 24.3 Å². The standard InChI is InChI=1S/C11H14NO2/c13-9-1-2-11(14)10(7-9)8-3-5-12-6-4-8/h1-2,7-8,13-14H,3-6H2. The largest absolute Gasteiger partial charge is 0.508 e. The van der Waals surface area contributed by atoms with Gasteiger partial charge in [-0.15, -0.1) is 0 Å².